The number of hydrogen-bond acceptors (Lipinski definition) is 7. The molecule has 0 aliphatic rings. The third-order valence-electron chi connectivity index (χ3n) is 3.28. The summed E-state index contributed by atoms with van der Waals surface area (Å²) in [5.41, 5.74) is 0. The van der Waals surface area contributed by atoms with Crippen molar-refractivity contribution in [2.45, 2.75) is 26.7 Å². The monoisotopic (exact) mass is 366 g/mol. The molecule has 0 aromatic rings. The van der Waals surface area contributed by atoms with Gasteiger partial charge in [0.1, 0.15) is 0 Å². The molecule has 0 aromatic heterocycles. The first kappa shape index (κ1) is 24.7. The Labute approximate surface area is 152 Å². The molecule has 1 N–H and O–H groups in total. The number of rotatable bonds is 21. The lowest BCUT2D eigenvalue weighted by Gasteiger charge is -2.11. The van der Waals surface area contributed by atoms with Gasteiger partial charge in [0.25, 0.3) is 0 Å². The van der Waals surface area contributed by atoms with Crippen LogP contribution < -0.4 is 0 Å². The second-order valence-electron chi connectivity index (χ2n) is 5.75. The van der Waals surface area contributed by atoms with E-state index in [9.17, 15) is 0 Å². The molecule has 0 rings (SSSR count). The molecule has 0 heterocycles. The number of hydrogen-bond donors (Lipinski definition) is 1. The molecule has 0 radical (unpaired) electrons. The average Bonchev–Trinajstić information content (AvgIpc) is 2.61. The lowest BCUT2D eigenvalue weighted by atomic mass is 10.1. The van der Waals surface area contributed by atoms with Crippen LogP contribution >= 0.6 is 0 Å². The van der Waals surface area contributed by atoms with E-state index in [2.05, 4.69) is 13.8 Å². The quantitative estimate of drug-likeness (QED) is 0.309. The van der Waals surface area contributed by atoms with Crippen molar-refractivity contribution in [2.24, 2.45) is 5.92 Å². The first-order valence-electron chi connectivity index (χ1n) is 9.38. The van der Waals surface area contributed by atoms with Crippen molar-refractivity contribution in [3.05, 3.63) is 0 Å². The summed E-state index contributed by atoms with van der Waals surface area (Å²) in [5, 5.41) is 8.52. The third-order valence-corrected chi connectivity index (χ3v) is 3.28. The van der Waals surface area contributed by atoms with Gasteiger partial charge < -0.3 is 33.5 Å². The molecular weight excluding hydrogens is 328 g/mol. The summed E-state index contributed by atoms with van der Waals surface area (Å²) in [7, 11) is 0. The van der Waals surface area contributed by atoms with Crippen LogP contribution in [-0.4, -0.2) is 91.0 Å². The van der Waals surface area contributed by atoms with Gasteiger partial charge in [-0.05, 0) is 12.3 Å². The van der Waals surface area contributed by atoms with Crippen molar-refractivity contribution in [3.8, 4) is 0 Å². The molecule has 7 heteroatoms. The van der Waals surface area contributed by atoms with Gasteiger partial charge in [-0.3, -0.25) is 0 Å². The average molecular weight is 366 g/mol. The first-order valence-corrected chi connectivity index (χ1v) is 9.38. The lowest BCUT2D eigenvalue weighted by Crippen LogP contribution is -2.15. The Morgan fingerprint density at radius 2 is 0.960 bits per heavy atom. The van der Waals surface area contributed by atoms with E-state index in [0.29, 0.717) is 78.6 Å². The Kier molecular flexibility index (Phi) is 21.5. The summed E-state index contributed by atoms with van der Waals surface area (Å²) in [4.78, 5) is 0. The van der Waals surface area contributed by atoms with Gasteiger partial charge in [-0.2, -0.15) is 0 Å². The van der Waals surface area contributed by atoms with Gasteiger partial charge in [-0.1, -0.05) is 20.3 Å². The predicted molar refractivity (Wildman–Crippen MR) is 96.1 cm³/mol. The first-order chi connectivity index (χ1) is 12.3. The van der Waals surface area contributed by atoms with Crippen LogP contribution in [0.1, 0.15) is 26.7 Å². The molecule has 0 saturated carbocycles. The zero-order chi connectivity index (χ0) is 18.4. The normalized spacial score (nSPS) is 12.6. The highest BCUT2D eigenvalue weighted by Crippen LogP contribution is 2.04. The van der Waals surface area contributed by atoms with E-state index in [0.717, 1.165) is 6.61 Å². The molecule has 0 aliphatic heterocycles. The predicted octanol–water partition coefficient (Wildman–Crippen LogP) is 1.51. The fourth-order valence-electron chi connectivity index (χ4n) is 2.02. The summed E-state index contributed by atoms with van der Waals surface area (Å²) in [6.45, 7) is 11.2. The summed E-state index contributed by atoms with van der Waals surface area (Å²) in [6.07, 6.45) is 2.41. The van der Waals surface area contributed by atoms with Gasteiger partial charge >= 0.3 is 0 Å². The Morgan fingerprint density at radius 3 is 1.32 bits per heavy atom. The fraction of sp³-hybridized carbons (Fsp3) is 1.00. The molecule has 0 spiro atoms. The number of ether oxygens (including phenoxy) is 6. The summed E-state index contributed by atoms with van der Waals surface area (Å²) in [6, 6.07) is 0. The van der Waals surface area contributed by atoms with Crippen molar-refractivity contribution in [3.63, 3.8) is 0 Å². The van der Waals surface area contributed by atoms with Crippen LogP contribution in [0.3, 0.4) is 0 Å². The maximum absolute atomic E-state index is 8.52. The smallest absolute Gasteiger partial charge is 0.0701 e. The van der Waals surface area contributed by atoms with Gasteiger partial charge in [-0.15, -0.1) is 0 Å². The van der Waals surface area contributed by atoms with E-state index in [4.69, 9.17) is 33.5 Å². The largest absolute Gasteiger partial charge is 0.394 e. The van der Waals surface area contributed by atoms with Gasteiger partial charge in [-0.25, -0.2) is 0 Å². The van der Waals surface area contributed by atoms with Crippen molar-refractivity contribution in [1.29, 1.82) is 0 Å². The van der Waals surface area contributed by atoms with Gasteiger partial charge in [0.2, 0.25) is 0 Å². The summed E-state index contributed by atoms with van der Waals surface area (Å²) >= 11 is 0. The summed E-state index contributed by atoms with van der Waals surface area (Å²) in [5.74, 6) is 0.623. The van der Waals surface area contributed by atoms with E-state index < -0.39 is 0 Å². The van der Waals surface area contributed by atoms with Crippen LogP contribution in [0.5, 0.6) is 0 Å². The molecule has 0 saturated heterocycles. The molecule has 0 bridgehead atoms. The summed E-state index contributed by atoms with van der Waals surface area (Å²) < 4.78 is 32.1. The molecule has 0 amide bonds. The SMILES string of the molecule is CCCC(C)COCCOCCOCCOCCOCCOCCO. The molecular formula is C18H38O7. The van der Waals surface area contributed by atoms with Gasteiger partial charge in [0.05, 0.1) is 79.3 Å². The number of aliphatic hydroxyl groups is 1. The zero-order valence-electron chi connectivity index (χ0n) is 16.1. The molecule has 1 atom stereocenters. The fourth-order valence-corrected chi connectivity index (χ4v) is 2.02. The van der Waals surface area contributed by atoms with Crippen LogP contribution in [0.2, 0.25) is 0 Å². The van der Waals surface area contributed by atoms with E-state index in [-0.39, 0.29) is 6.61 Å². The minimum absolute atomic E-state index is 0.0419. The molecule has 0 fully saturated rings. The maximum atomic E-state index is 8.52. The second kappa shape index (κ2) is 21.8. The lowest BCUT2D eigenvalue weighted by molar-refractivity contribution is -0.0195. The van der Waals surface area contributed by atoms with E-state index in [1.54, 1.807) is 0 Å². The molecule has 1 unspecified atom stereocenters. The Bertz CT molecular complexity index is 241. The molecule has 7 nitrogen and oxygen atoms in total. The topological polar surface area (TPSA) is 75.6 Å². The van der Waals surface area contributed by atoms with Crippen LogP contribution in [-0.2, 0) is 28.4 Å². The Hall–Kier alpha value is -0.280. The third kappa shape index (κ3) is 21.7. The van der Waals surface area contributed by atoms with Crippen LogP contribution in [0, 0.1) is 5.92 Å². The van der Waals surface area contributed by atoms with E-state index in [1.165, 1.54) is 12.8 Å². The standard InChI is InChI=1S/C18H38O7/c1-3-4-18(2)17-25-16-15-24-14-13-23-12-11-22-10-9-21-8-7-20-6-5-19/h18-19H,3-17H2,1-2H3. The highest BCUT2D eigenvalue weighted by molar-refractivity contribution is 4.49. The molecule has 25 heavy (non-hydrogen) atoms. The minimum atomic E-state index is 0.0419. The Balaban J connectivity index is 3.00. The van der Waals surface area contributed by atoms with Crippen molar-refractivity contribution < 1.29 is 33.5 Å². The van der Waals surface area contributed by atoms with Crippen LogP contribution in [0.4, 0.5) is 0 Å². The van der Waals surface area contributed by atoms with Crippen LogP contribution in [0.15, 0.2) is 0 Å². The highest BCUT2D eigenvalue weighted by atomic mass is 16.6. The van der Waals surface area contributed by atoms with Crippen LogP contribution in [0.25, 0.3) is 0 Å². The Morgan fingerprint density at radius 1 is 0.600 bits per heavy atom. The maximum Gasteiger partial charge on any atom is 0.0701 e. The van der Waals surface area contributed by atoms with Gasteiger partial charge in [0.15, 0.2) is 0 Å². The highest BCUT2D eigenvalue weighted by Gasteiger charge is 2.00. The number of aliphatic hydroxyl groups excluding tert-OH is 1. The second-order valence-corrected chi connectivity index (χ2v) is 5.75. The minimum Gasteiger partial charge on any atom is -0.394 e. The molecule has 0 aromatic carbocycles. The molecule has 0 aliphatic carbocycles. The van der Waals surface area contributed by atoms with Crippen molar-refractivity contribution >= 4 is 0 Å². The van der Waals surface area contributed by atoms with E-state index >= 15 is 0 Å². The molecule has 152 valence electrons. The van der Waals surface area contributed by atoms with Gasteiger partial charge in [0, 0.05) is 6.61 Å². The van der Waals surface area contributed by atoms with Crippen molar-refractivity contribution in [1.82, 2.24) is 0 Å². The van der Waals surface area contributed by atoms with E-state index in [1.807, 2.05) is 0 Å². The van der Waals surface area contributed by atoms with Crippen molar-refractivity contribution in [2.75, 3.05) is 85.9 Å². The zero-order valence-corrected chi connectivity index (χ0v) is 16.1.